The molecule has 2 aromatic carbocycles. The van der Waals surface area contributed by atoms with Gasteiger partial charge in [-0.2, -0.15) is 0 Å². The summed E-state index contributed by atoms with van der Waals surface area (Å²) in [6.45, 7) is 0. The molecule has 0 saturated heterocycles. The van der Waals surface area contributed by atoms with Crippen LogP contribution in [-0.4, -0.2) is 11.0 Å². The quantitative estimate of drug-likeness (QED) is 0.668. The molecule has 2 rings (SSSR count). The summed E-state index contributed by atoms with van der Waals surface area (Å²) in [6, 6.07) is 9.41. The average molecular weight is 394 g/mol. The smallest absolute Gasteiger partial charge is 0.257 e. The minimum Gasteiger partial charge on any atom is -0.332 e. The molecule has 3 nitrogen and oxygen atoms in total. The fourth-order valence-electron chi connectivity index (χ4n) is 1.60. The summed E-state index contributed by atoms with van der Waals surface area (Å²) < 4.78 is 0. The van der Waals surface area contributed by atoms with Gasteiger partial charge in [0, 0.05) is 21.3 Å². The Bertz CT molecular complexity index is 731. The van der Waals surface area contributed by atoms with E-state index in [1.54, 1.807) is 18.2 Å². The number of anilines is 1. The van der Waals surface area contributed by atoms with Crippen molar-refractivity contribution < 1.29 is 4.79 Å². The molecule has 0 aliphatic heterocycles. The number of hydrogen-bond donors (Lipinski definition) is 2. The summed E-state index contributed by atoms with van der Waals surface area (Å²) in [5.74, 6) is -0.429. The van der Waals surface area contributed by atoms with E-state index in [-0.39, 0.29) is 5.11 Å². The Morgan fingerprint density at radius 2 is 1.55 bits per heavy atom. The minimum atomic E-state index is -0.429. The highest BCUT2D eigenvalue weighted by molar-refractivity contribution is 7.80. The number of carbonyl (C=O) groups excluding carboxylic acids is 1. The monoisotopic (exact) mass is 392 g/mol. The molecule has 0 saturated carbocycles. The second kappa shape index (κ2) is 7.49. The molecule has 22 heavy (non-hydrogen) atoms. The predicted octanol–water partition coefficient (Wildman–Crippen LogP) is 5.43. The highest BCUT2D eigenvalue weighted by Crippen LogP contribution is 2.25. The SMILES string of the molecule is O=C(NC(=S)Nc1ccc(Cl)c(Cl)c1)c1cc(Cl)cc(Cl)c1. The third-order valence-corrected chi connectivity index (χ3v) is 3.91. The van der Waals surface area contributed by atoms with Gasteiger partial charge in [0.2, 0.25) is 0 Å². The largest absolute Gasteiger partial charge is 0.332 e. The zero-order valence-corrected chi connectivity index (χ0v) is 14.6. The van der Waals surface area contributed by atoms with Gasteiger partial charge in [0.25, 0.3) is 5.91 Å². The standard InChI is InChI=1S/C14H8Cl4N2OS/c15-8-3-7(4-9(16)5-8)13(21)20-14(22)19-10-1-2-11(17)12(18)6-10/h1-6H,(H2,19,20,21,22). The van der Waals surface area contributed by atoms with Crippen LogP contribution in [0, 0.1) is 0 Å². The van der Waals surface area contributed by atoms with Crippen molar-refractivity contribution in [1.82, 2.24) is 5.32 Å². The van der Waals surface area contributed by atoms with Crippen LogP contribution in [0.2, 0.25) is 20.1 Å². The molecule has 0 aliphatic rings. The fraction of sp³-hybridized carbons (Fsp3) is 0. The van der Waals surface area contributed by atoms with Gasteiger partial charge in [-0.15, -0.1) is 0 Å². The first kappa shape index (κ1) is 17.3. The lowest BCUT2D eigenvalue weighted by Gasteiger charge is -2.10. The van der Waals surface area contributed by atoms with Gasteiger partial charge in [-0.25, -0.2) is 0 Å². The van der Waals surface area contributed by atoms with E-state index < -0.39 is 5.91 Å². The lowest BCUT2D eigenvalue weighted by atomic mass is 10.2. The van der Waals surface area contributed by atoms with Crippen LogP contribution in [0.1, 0.15) is 10.4 Å². The van der Waals surface area contributed by atoms with E-state index in [0.29, 0.717) is 31.3 Å². The highest BCUT2D eigenvalue weighted by atomic mass is 35.5. The van der Waals surface area contributed by atoms with E-state index >= 15 is 0 Å². The molecule has 2 N–H and O–H groups in total. The van der Waals surface area contributed by atoms with Crippen molar-refractivity contribution in [3.8, 4) is 0 Å². The second-order valence-electron chi connectivity index (χ2n) is 4.20. The summed E-state index contributed by atoms with van der Waals surface area (Å²) >= 11 is 28.5. The Labute approximate surface area is 152 Å². The van der Waals surface area contributed by atoms with Gasteiger partial charge in [0.1, 0.15) is 0 Å². The molecular formula is C14H8Cl4N2OS. The third-order valence-electron chi connectivity index (χ3n) is 2.53. The first-order valence-electron chi connectivity index (χ1n) is 5.88. The van der Waals surface area contributed by atoms with Gasteiger partial charge in [-0.05, 0) is 48.6 Å². The van der Waals surface area contributed by atoms with Gasteiger partial charge in [0.05, 0.1) is 10.0 Å². The van der Waals surface area contributed by atoms with E-state index in [4.69, 9.17) is 58.6 Å². The zero-order valence-electron chi connectivity index (χ0n) is 10.8. The molecule has 0 fully saturated rings. The molecule has 0 atom stereocenters. The first-order chi connectivity index (χ1) is 10.3. The van der Waals surface area contributed by atoms with E-state index in [2.05, 4.69) is 10.6 Å². The van der Waals surface area contributed by atoms with Gasteiger partial charge in [-0.1, -0.05) is 46.4 Å². The van der Waals surface area contributed by atoms with Gasteiger partial charge in [-0.3, -0.25) is 10.1 Å². The maximum absolute atomic E-state index is 12.1. The highest BCUT2D eigenvalue weighted by Gasteiger charge is 2.10. The molecule has 0 unspecified atom stereocenters. The summed E-state index contributed by atoms with van der Waals surface area (Å²) in [5, 5.41) is 6.99. The number of halogens is 4. The van der Waals surface area contributed by atoms with Crippen LogP contribution >= 0.6 is 58.6 Å². The number of benzene rings is 2. The molecule has 0 bridgehead atoms. The Balaban J connectivity index is 2.04. The lowest BCUT2D eigenvalue weighted by Crippen LogP contribution is -2.34. The summed E-state index contributed by atoms with van der Waals surface area (Å²) in [4.78, 5) is 12.1. The van der Waals surface area contributed by atoms with Crippen LogP contribution < -0.4 is 10.6 Å². The maximum Gasteiger partial charge on any atom is 0.257 e. The normalized spacial score (nSPS) is 10.2. The fourth-order valence-corrected chi connectivity index (χ4v) is 2.63. The average Bonchev–Trinajstić information content (AvgIpc) is 2.41. The topological polar surface area (TPSA) is 41.1 Å². The van der Waals surface area contributed by atoms with Crippen LogP contribution in [-0.2, 0) is 0 Å². The molecule has 0 aromatic heterocycles. The number of amides is 1. The summed E-state index contributed by atoms with van der Waals surface area (Å²) in [7, 11) is 0. The van der Waals surface area contributed by atoms with E-state index in [0.717, 1.165) is 0 Å². The number of nitrogens with one attached hydrogen (secondary N) is 2. The van der Waals surface area contributed by atoms with Crippen LogP contribution in [0.3, 0.4) is 0 Å². The van der Waals surface area contributed by atoms with Crippen LogP contribution in [0.4, 0.5) is 5.69 Å². The Hall–Kier alpha value is -1.04. The second-order valence-corrected chi connectivity index (χ2v) is 6.29. The Kier molecular flexibility index (Phi) is 5.89. The molecule has 0 radical (unpaired) electrons. The van der Waals surface area contributed by atoms with E-state index in [1.807, 2.05) is 0 Å². The van der Waals surface area contributed by atoms with Crippen LogP contribution in [0.15, 0.2) is 36.4 Å². The number of rotatable bonds is 2. The predicted molar refractivity (Wildman–Crippen MR) is 96.6 cm³/mol. The van der Waals surface area contributed by atoms with Crippen molar-refractivity contribution in [2.24, 2.45) is 0 Å². The van der Waals surface area contributed by atoms with Crippen LogP contribution in [0.25, 0.3) is 0 Å². The minimum absolute atomic E-state index is 0.111. The maximum atomic E-state index is 12.1. The van der Waals surface area contributed by atoms with Crippen molar-refractivity contribution >= 4 is 75.3 Å². The molecule has 0 spiro atoms. The van der Waals surface area contributed by atoms with Crippen molar-refractivity contribution in [2.75, 3.05) is 5.32 Å². The van der Waals surface area contributed by atoms with Gasteiger partial charge < -0.3 is 5.32 Å². The van der Waals surface area contributed by atoms with Crippen LogP contribution in [0.5, 0.6) is 0 Å². The number of carbonyl (C=O) groups is 1. The number of hydrogen-bond acceptors (Lipinski definition) is 2. The summed E-state index contributed by atoms with van der Waals surface area (Å²) in [5.41, 5.74) is 0.902. The molecular weight excluding hydrogens is 386 g/mol. The molecule has 114 valence electrons. The van der Waals surface area contributed by atoms with Gasteiger partial charge in [0.15, 0.2) is 5.11 Å². The Morgan fingerprint density at radius 1 is 0.909 bits per heavy atom. The first-order valence-corrected chi connectivity index (χ1v) is 7.80. The van der Waals surface area contributed by atoms with Gasteiger partial charge >= 0.3 is 0 Å². The summed E-state index contributed by atoms with van der Waals surface area (Å²) in [6.07, 6.45) is 0. The third kappa shape index (κ3) is 4.73. The lowest BCUT2D eigenvalue weighted by molar-refractivity contribution is 0.0977. The van der Waals surface area contributed by atoms with E-state index in [1.165, 1.54) is 18.2 Å². The number of thiocarbonyl (C=S) groups is 1. The zero-order chi connectivity index (χ0) is 16.3. The Morgan fingerprint density at radius 3 is 2.14 bits per heavy atom. The molecule has 2 aromatic rings. The van der Waals surface area contributed by atoms with Crippen molar-refractivity contribution in [1.29, 1.82) is 0 Å². The van der Waals surface area contributed by atoms with Crippen molar-refractivity contribution in [2.45, 2.75) is 0 Å². The molecule has 0 heterocycles. The molecule has 8 heteroatoms. The molecule has 0 aliphatic carbocycles. The van der Waals surface area contributed by atoms with Crippen molar-refractivity contribution in [3.05, 3.63) is 62.1 Å². The van der Waals surface area contributed by atoms with E-state index in [9.17, 15) is 4.79 Å². The molecule has 1 amide bonds. The van der Waals surface area contributed by atoms with Crippen molar-refractivity contribution in [3.63, 3.8) is 0 Å².